The molecule has 0 N–H and O–H groups in total. The lowest BCUT2D eigenvalue weighted by Gasteiger charge is -2.23. The molecule has 19 nitrogen and oxygen atoms in total. The van der Waals surface area contributed by atoms with Crippen LogP contribution in [0.4, 0.5) is 70.2 Å². The maximum Gasteiger partial charge on any atom is 0.573 e. The van der Waals surface area contributed by atoms with Crippen LogP contribution in [0.3, 0.4) is 0 Å². The van der Waals surface area contributed by atoms with Gasteiger partial charge >= 0.3 is 42.3 Å². The van der Waals surface area contributed by atoms with E-state index in [1.165, 1.54) is 87.1 Å². The van der Waals surface area contributed by atoms with Gasteiger partial charge in [-0.1, -0.05) is 109 Å². The number of hydrogen-bond acceptors (Lipinski definition) is 14. The van der Waals surface area contributed by atoms with Crippen LogP contribution in [0.1, 0.15) is 137 Å². The zero-order valence-electron chi connectivity index (χ0n) is 70.2. The third-order valence-corrected chi connectivity index (χ3v) is 21.6. The second-order valence-electron chi connectivity index (χ2n) is 31.5. The Hall–Kier alpha value is -14.3. The molecule has 2 fully saturated rings. The van der Waals surface area contributed by atoms with Gasteiger partial charge in [0.2, 0.25) is 0 Å². The Kier molecular flexibility index (Phi) is 25.2. The molecule has 2 saturated carbocycles. The third kappa shape index (κ3) is 20.4. The predicted octanol–water partition coefficient (Wildman–Crippen LogP) is 24.3. The summed E-state index contributed by atoms with van der Waals surface area (Å²) >= 11 is 0. The molecular formula is C94H76F16N14O5. The molecule has 664 valence electrons. The molecular weight excluding hydrogens is 1710 g/mol. The minimum absolute atomic E-state index is 0.0203. The van der Waals surface area contributed by atoms with Crippen molar-refractivity contribution in [1.29, 1.82) is 21.0 Å². The SMILES string of the molecule is CC(F)(F)c1nc(C#N)c2ccc(-c3ccc(C4(C#N)CC4)cc3)cn12.CC(F)(F)c1ncc2ccc(-c3ccc(C4(C#N)CC4)cc3)cn12.COC(C)(C)c1ccc(-c2ccc3cnc(C(C)(F)F)n3c2)cc1.COCc1cc(OC(F)(F)F)ccc1-c1ccc2c(C#N)nc(C(C)(F)F)n2c1.COc1cc(OC(F)(F)F)ccc1-c1ccc2cnc(C(C)(F)F)n2c1. The normalized spacial score (nSPS) is 13.7. The minimum atomic E-state index is -4.85. The van der Waals surface area contributed by atoms with E-state index in [0.717, 1.165) is 126 Å². The second kappa shape index (κ2) is 35.2. The van der Waals surface area contributed by atoms with Crippen LogP contribution in [0.25, 0.3) is 83.2 Å². The summed E-state index contributed by atoms with van der Waals surface area (Å²) in [5.41, 5.74) is 11.4. The van der Waals surface area contributed by atoms with Gasteiger partial charge in [0.25, 0.3) is 0 Å². The highest BCUT2D eigenvalue weighted by molar-refractivity contribution is 5.75. The molecule has 0 bridgehead atoms. The summed E-state index contributed by atoms with van der Waals surface area (Å²) in [7, 11) is 4.33. The van der Waals surface area contributed by atoms with E-state index in [4.69, 9.17) is 24.7 Å². The Morgan fingerprint density at radius 1 is 0.364 bits per heavy atom. The van der Waals surface area contributed by atoms with E-state index < -0.39 is 71.3 Å². The van der Waals surface area contributed by atoms with Crippen molar-refractivity contribution in [2.45, 2.75) is 140 Å². The number of benzene rings is 5. The fourth-order valence-electron chi connectivity index (χ4n) is 14.5. The molecule has 0 atom stereocenters. The van der Waals surface area contributed by atoms with Crippen molar-refractivity contribution in [3.05, 3.63) is 282 Å². The number of pyridine rings is 5. The minimum Gasteiger partial charge on any atom is -0.496 e. The first-order valence-electron chi connectivity index (χ1n) is 39.3. The molecule has 15 aromatic rings. The zero-order chi connectivity index (χ0) is 93.5. The zero-order valence-corrected chi connectivity index (χ0v) is 70.2. The van der Waals surface area contributed by atoms with Gasteiger partial charge in [-0.05, 0) is 161 Å². The highest BCUT2D eigenvalue weighted by Crippen LogP contribution is 2.50. The first kappa shape index (κ1) is 92.4. The Bertz CT molecular complexity index is 6850. The largest absolute Gasteiger partial charge is 0.573 e. The number of nitriles is 4. The lowest BCUT2D eigenvalue weighted by molar-refractivity contribution is -0.275. The van der Waals surface area contributed by atoms with Gasteiger partial charge in [0, 0.05) is 97.0 Å². The fourth-order valence-corrected chi connectivity index (χ4v) is 14.5. The van der Waals surface area contributed by atoms with Crippen molar-refractivity contribution < 1.29 is 93.9 Å². The molecule has 129 heavy (non-hydrogen) atoms. The molecule has 2 aliphatic rings. The lowest BCUT2D eigenvalue weighted by Crippen LogP contribution is -2.19. The standard InChI is InChI=1S/C20H14F2N4.C19H14F5N3O2.C19H15F2N3.C19H20F2N2O.C17H13F5N2O2/c1-19(21,22)18-25-16(10-23)17-7-4-14(11-26(17)18)13-2-5-15(6-3-13)20(12-24)8-9-20;1-18(20,21)17-26-15(8-25)16-6-3-11(9-27(16)17)14-5-4-13(29-19(22,23)24)7-12(14)10-28-2;1-18(20,21)17-23-10-16-7-4-14(11-24(16)17)13-2-5-15(6-3-13)19(12-22)8-9-19;1-18(2,24-4)15-8-5-13(6-9-15)14-7-10-16-11-22-17(19(3,20)21)23(16)12-14;1-16(18,19)15-23-8-11-4-3-10(9-24(11)15)13-6-5-12(7-14(13)25-2)26-17(20,21)22/h2-7,11H,8-9H2,1H3;3-7,9H,10H2,1-2H3;2-7,10-11H,8-9H2,1H3;5-12H,1-4H3;3-9H,1-2H3. The molecule has 0 spiro atoms. The number of fused-ring (bicyclic) bond motifs is 5. The number of methoxy groups -OCH3 is 3. The van der Waals surface area contributed by atoms with Crippen LogP contribution in [-0.2, 0) is 62.1 Å². The van der Waals surface area contributed by atoms with Crippen LogP contribution in [0.5, 0.6) is 17.2 Å². The second-order valence-corrected chi connectivity index (χ2v) is 31.5. The van der Waals surface area contributed by atoms with Gasteiger partial charge in [-0.15, -0.1) is 26.3 Å². The summed E-state index contributed by atoms with van der Waals surface area (Å²) in [6, 6.07) is 55.9. The van der Waals surface area contributed by atoms with Gasteiger partial charge in [0.15, 0.2) is 40.5 Å². The molecule has 10 aromatic heterocycles. The molecule has 17 rings (SSSR count). The number of nitrogens with zero attached hydrogens (tertiary/aromatic N) is 14. The fraction of sp³-hybridized carbons (Fsp3) is 0.266. The average molecular weight is 1790 g/mol. The first-order chi connectivity index (χ1) is 60.6. The van der Waals surface area contributed by atoms with Crippen molar-refractivity contribution >= 4 is 27.6 Å². The van der Waals surface area contributed by atoms with E-state index in [1.807, 2.05) is 105 Å². The van der Waals surface area contributed by atoms with Crippen LogP contribution < -0.4 is 14.2 Å². The smallest absolute Gasteiger partial charge is 0.496 e. The number of aromatic nitrogens is 10. The number of ether oxygens (including phenoxy) is 5. The summed E-state index contributed by atoms with van der Waals surface area (Å²) in [5.74, 6) is -18.4. The molecule has 0 radical (unpaired) electrons. The topological polar surface area (TPSA) is 228 Å². The van der Waals surface area contributed by atoms with E-state index >= 15 is 0 Å². The quantitative estimate of drug-likeness (QED) is 0.0686. The van der Waals surface area contributed by atoms with Crippen LogP contribution in [0.2, 0.25) is 0 Å². The van der Waals surface area contributed by atoms with E-state index in [1.54, 1.807) is 74.2 Å². The molecule has 5 aromatic carbocycles. The van der Waals surface area contributed by atoms with E-state index in [9.17, 15) is 80.8 Å². The molecule has 2 aliphatic carbocycles. The van der Waals surface area contributed by atoms with Crippen molar-refractivity contribution in [1.82, 2.24) is 46.9 Å². The number of halogens is 16. The van der Waals surface area contributed by atoms with E-state index in [-0.39, 0.29) is 57.3 Å². The molecule has 0 saturated heterocycles. The highest BCUT2D eigenvalue weighted by Gasteiger charge is 2.46. The van der Waals surface area contributed by atoms with Gasteiger partial charge in [-0.2, -0.15) is 65.0 Å². The van der Waals surface area contributed by atoms with E-state index in [0.29, 0.717) is 56.8 Å². The summed E-state index contributed by atoms with van der Waals surface area (Å²) in [5, 5.41) is 36.8. The van der Waals surface area contributed by atoms with Crippen molar-refractivity contribution in [2.75, 3.05) is 21.3 Å². The van der Waals surface area contributed by atoms with Crippen LogP contribution in [0.15, 0.2) is 219 Å². The van der Waals surface area contributed by atoms with Gasteiger partial charge < -0.3 is 23.7 Å². The summed E-state index contributed by atoms with van der Waals surface area (Å²) in [6.45, 7) is 7.82. The Labute approximate surface area is 726 Å². The third-order valence-electron chi connectivity index (χ3n) is 21.6. The number of hydrogen-bond donors (Lipinski definition) is 0. The number of alkyl halides is 16. The Morgan fingerprint density at radius 2 is 0.690 bits per heavy atom. The molecule has 0 amide bonds. The monoisotopic (exact) mass is 1780 g/mol. The Balaban J connectivity index is 0.000000138. The number of rotatable bonds is 19. The maximum absolute atomic E-state index is 13.9. The van der Waals surface area contributed by atoms with Crippen LogP contribution in [-0.4, -0.2) is 81.0 Å². The van der Waals surface area contributed by atoms with E-state index in [2.05, 4.69) is 46.5 Å². The summed E-state index contributed by atoms with van der Waals surface area (Å²) in [4.78, 5) is 18.9. The summed E-state index contributed by atoms with van der Waals surface area (Å²) < 4.78 is 242. The number of imidazole rings is 5. The van der Waals surface area contributed by atoms with Crippen LogP contribution >= 0.6 is 0 Å². The van der Waals surface area contributed by atoms with Crippen molar-refractivity contribution in [2.24, 2.45) is 0 Å². The van der Waals surface area contributed by atoms with Gasteiger partial charge in [-0.3, -0.25) is 22.0 Å². The molecule has 10 heterocycles. The average Bonchev–Trinajstić information content (AvgIpc) is 1.60. The lowest BCUT2D eigenvalue weighted by atomic mass is 9.95. The molecule has 0 unspecified atom stereocenters. The van der Waals surface area contributed by atoms with Gasteiger partial charge in [0.05, 0.1) is 88.5 Å². The molecule has 0 aliphatic heterocycles. The summed E-state index contributed by atoms with van der Waals surface area (Å²) in [6.07, 6.45) is 5.82. The van der Waals surface area contributed by atoms with Gasteiger partial charge in [0.1, 0.15) is 29.4 Å². The Morgan fingerprint density at radius 3 is 1.04 bits per heavy atom. The molecule has 35 heteroatoms. The predicted molar refractivity (Wildman–Crippen MR) is 444 cm³/mol. The first-order valence-corrected chi connectivity index (χ1v) is 39.3. The van der Waals surface area contributed by atoms with Crippen LogP contribution in [0, 0.1) is 45.3 Å². The van der Waals surface area contributed by atoms with Crippen molar-refractivity contribution in [3.63, 3.8) is 0 Å². The maximum atomic E-state index is 13.9. The van der Waals surface area contributed by atoms with Gasteiger partial charge in [-0.25, -0.2) is 24.9 Å². The van der Waals surface area contributed by atoms with Crippen molar-refractivity contribution in [3.8, 4) is 97.2 Å². The highest BCUT2D eigenvalue weighted by atomic mass is 19.4.